The van der Waals surface area contributed by atoms with Crippen LogP contribution in [0.3, 0.4) is 0 Å². The van der Waals surface area contributed by atoms with Gasteiger partial charge in [0.15, 0.2) is 0 Å². The van der Waals surface area contributed by atoms with Crippen molar-refractivity contribution in [1.29, 1.82) is 0 Å². The first-order valence-electron chi connectivity index (χ1n) is 10.2. The number of aromatic nitrogens is 2. The molecular weight excluding hydrogens is 451 g/mol. The van der Waals surface area contributed by atoms with Crippen LogP contribution in [0, 0.1) is 6.92 Å². The van der Waals surface area contributed by atoms with Gasteiger partial charge in [0.25, 0.3) is 0 Å². The third kappa shape index (κ3) is 4.95. The zero-order valence-electron chi connectivity index (χ0n) is 18.9. The second-order valence-electron chi connectivity index (χ2n) is 8.69. The van der Waals surface area contributed by atoms with Crippen molar-refractivity contribution in [2.24, 2.45) is 5.73 Å². The smallest absolute Gasteiger partial charge is 0.410 e. The minimum atomic E-state index is -0.581. The summed E-state index contributed by atoms with van der Waals surface area (Å²) in [4.78, 5) is 18.4. The SMILES string of the molecule is Cc1nc2cn(CCN(C)C(=O)OC(C)(C)C)c(O)c2c(-c2ccc(Cl)cc2Cl)c1CN. The minimum absolute atomic E-state index is 0.0285. The van der Waals surface area contributed by atoms with E-state index in [1.54, 1.807) is 29.9 Å². The Morgan fingerprint density at radius 2 is 2.00 bits per heavy atom. The van der Waals surface area contributed by atoms with Gasteiger partial charge in [-0.3, -0.25) is 4.98 Å². The number of carbonyl (C=O) groups is 1. The number of nitrogens with zero attached hydrogens (tertiary/aromatic N) is 3. The standard InChI is InChI=1S/C23H28Cl2N4O3/c1-13-16(11-26)19(15-7-6-14(24)10-17(15)25)20-18(27-13)12-29(21(20)30)9-8-28(5)22(31)32-23(2,3)4/h6-7,10,12,30H,8-9,11,26H2,1-5H3. The molecule has 0 aliphatic heterocycles. The molecule has 0 radical (unpaired) electrons. The highest BCUT2D eigenvalue weighted by Crippen LogP contribution is 2.42. The van der Waals surface area contributed by atoms with E-state index in [2.05, 4.69) is 4.98 Å². The van der Waals surface area contributed by atoms with Crippen molar-refractivity contribution < 1.29 is 14.6 Å². The molecule has 9 heteroatoms. The molecule has 0 unspecified atom stereocenters. The average molecular weight is 479 g/mol. The van der Waals surface area contributed by atoms with Crippen LogP contribution < -0.4 is 5.73 Å². The Hall–Kier alpha value is -2.48. The van der Waals surface area contributed by atoms with Crippen molar-refractivity contribution in [2.75, 3.05) is 13.6 Å². The maximum absolute atomic E-state index is 12.2. The number of ether oxygens (including phenoxy) is 1. The number of pyridine rings is 1. The van der Waals surface area contributed by atoms with Crippen LogP contribution in [0.25, 0.3) is 22.0 Å². The molecule has 3 aromatic rings. The first-order valence-corrected chi connectivity index (χ1v) is 11.0. The van der Waals surface area contributed by atoms with Gasteiger partial charge in [0, 0.05) is 59.7 Å². The molecule has 0 fully saturated rings. The number of rotatable bonds is 5. The second kappa shape index (κ2) is 9.17. The summed E-state index contributed by atoms with van der Waals surface area (Å²) in [6.45, 7) is 8.24. The maximum Gasteiger partial charge on any atom is 0.410 e. The van der Waals surface area contributed by atoms with Gasteiger partial charge >= 0.3 is 6.09 Å². The largest absolute Gasteiger partial charge is 0.494 e. The average Bonchev–Trinajstić information content (AvgIpc) is 2.99. The fraction of sp³-hybridized carbons (Fsp3) is 0.391. The van der Waals surface area contributed by atoms with Gasteiger partial charge in [-0.2, -0.15) is 0 Å². The predicted octanol–water partition coefficient (Wildman–Crippen LogP) is 5.35. The van der Waals surface area contributed by atoms with Crippen LogP contribution in [-0.2, 0) is 17.8 Å². The fourth-order valence-electron chi connectivity index (χ4n) is 3.53. The van der Waals surface area contributed by atoms with E-state index in [1.807, 2.05) is 33.8 Å². The molecule has 172 valence electrons. The van der Waals surface area contributed by atoms with Crippen LogP contribution in [0.1, 0.15) is 32.0 Å². The molecule has 2 heterocycles. The summed E-state index contributed by atoms with van der Waals surface area (Å²) in [6, 6.07) is 5.21. The summed E-state index contributed by atoms with van der Waals surface area (Å²) in [5, 5.41) is 12.6. The normalized spacial score (nSPS) is 11.8. The van der Waals surface area contributed by atoms with Crippen LogP contribution >= 0.6 is 23.2 Å². The summed E-state index contributed by atoms with van der Waals surface area (Å²) in [6.07, 6.45) is 1.33. The molecule has 1 amide bonds. The molecule has 3 rings (SSSR count). The van der Waals surface area contributed by atoms with Crippen molar-refractivity contribution in [1.82, 2.24) is 14.5 Å². The Morgan fingerprint density at radius 3 is 2.59 bits per heavy atom. The number of carbonyl (C=O) groups excluding carboxylic acids is 1. The fourth-order valence-corrected chi connectivity index (χ4v) is 4.04. The van der Waals surface area contributed by atoms with Crippen molar-refractivity contribution >= 4 is 40.2 Å². The summed E-state index contributed by atoms with van der Waals surface area (Å²) < 4.78 is 7.04. The number of likely N-dealkylation sites (N-methyl/N-ethyl adjacent to an activating group) is 1. The van der Waals surface area contributed by atoms with Crippen LogP contribution in [0.15, 0.2) is 24.4 Å². The van der Waals surface area contributed by atoms with E-state index in [1.165, 1.54) is 4.90 Å². The van der Waals surface area contributed by atoms with Gasteiger partial charge in [-0.1, -0.05) is 29.3 Å². The lowest BCUT2D eigenvalue weighted by Gasteiger charge is -2.24. The molecule has 0 atom stereocenters. The van der Waals surface area contributed by atoms with Gasteiger partial charge in [-0.25, -0.2) is 4.79 Å². The number of benzene rings is 1. The van der Waals surface area contributed by atoms with Crippen LogP contribution in [0.2, 0.25) is 10.0 Å². The zero-order chi connectivity index (χ0) is 23.8. The van der Waals surface area contributed by atoms with E-state index >= 15 is 0 Å². The quantitative estimate of drug-likeness (QED) is 0.515. The number of aromatic hydroxyl groups is 1. The van der Waals surface area contributed by atoms with Gasteiger partial charge in [-0.05, 0) is 45.4 Å². The number of hydrogen-bond acceptors (Lipinski definition) is 5. The molecule has 0 bridgehead atoms. The summed E-state index contributed by atoms with van der Waals surface area (Å²) in [5.41, 5.74) is 9.06. The maximum atomic E-state index is 12.2. The van der Waals surface area contributed by atoms with E-state index < -0.39 is 11.7 Å². The van der Waals surface area contributed by atoms with E-state index in [9.17, 15) is 9.90 Å². The van der Waals surface area contributed by atoms with Crippen LogP contribution in [-0.4, -0.2) is 44.8 Å². The number of nitrogens with two attached hydrogens (primary N) is 1. The number of amides is 1. The first kappa shape index (κ1) is 24.2. The summed E-state index contributed by atoms with van der Waals surface area (Å²) in [5.74, 6) is 0.0285. The van der Waals surface area contributed by atoms with Crippen molar-refractivity contribution in [3.8, 4) is 17.0 Å². The molecule has 0 saturated heterocycles. The molecule has 0 spiro atoms. The molecule has 0 aliphatic carbocycles. The second-order valence-corrected chi connectivity index (χ2v) is 9.53. The Morgan fingerprint density at radius 1 is 1.31 bits per heavy atom. The number of hydrogen-bond donors (Lipinski definition) is 2. The van der Waals surface area contributed by atoms with E-state index in [-0.39, 0.29) is 12.4 Å². The van der Waals surface area contributed by atoms with E-state index in [0.29, 0.717) is 39.6 Å². The van der Waals surface area contributed by atoms with Crippen molar-refractivity contribution in [3.63, 3.8) is 0 Å². The Labute approximate surface area is 197 Å². The van der Waals surface area contributed by atoms with Gasteiger partial charge in [-0.15, -0.1) is 0 Å². The highest BCUT2D eigenvalue weighted by molar-refractivity contribution is 6.36. The summed E-state index contributed by atoms with van der Waals surface area (Å²) in [7, 11) is 1.65. The van der Waals surface area contributed by atoms with E-state index in [4.69, 9.17) is 33.7 Å². The third-order valence-electron chi connectivity index (χ3n) is 5.09. The molecule has 0 aliphatic rings. The Kier molecular flexibility index (Phi) is 6.93. The highest BCUT2D eigenvalue weighted by atomic mass is 35.5. The molecular formula is C23H28Cl2N4O3. The van der Waals surface area contributed by atoms with Gasteiger partial charge < -0.3 is 25.0 Å². The van der Waals surface area contributed by atoms with Crippen molar-refractivity contribution in [3.05, 3.63) is 45.7 Å². The Balaban J connectivity index is 2.03. The van der Waals surface area contributed by atoms with Crippen LogP contribution in [0.4, 0.5) is 4.79 Å². The van der Waals surface area contributed by atoms with Gasteiger partial charge in [0.05, 0.1) is 10.9 Å². The topological polar surface area (TPSA) is 93.6 Å². The Bertz CT molecular complexity index is 1170. The molecule has 3 N–H and O–H groups in total. The van der Waals surface area contributed by atoms with E-state index in [0.717, 1.165) is 16.8 Å². The lowest BCUT2D eigenvalue weighted by molar-refractivity contribution is 0.0292. The number of aryl methyl sites for hydroxylation is 1. The van der Waals surface area contributed by atoms with Gasteiger partial charge in [0.1, 0.15) is 5.60 Å². The monoisotopic (exact) mass is 478 g/mol. The zero-order valence-corrected chi connectivity index (χ0v) is 20.4. The third-order valence-corrected chi connectivity index (χ3v) is 5.64. The lowest BCUT2D eigenvalue weighted by Crippen LogP contribution is -2.35. The number of halogens is 2. The molecule has 2 aromatic heterocycles. The molecule has 32 heavy (non-hydrogen) atoms. The molecule has 0 saturated carbocycles. The lowest BCUT2D eigenvalue weighted by atomic mass is 9.95. The first-order chi connectivity index (χ1) is 14.9. The van der Waals surface area contributed by atoms with Gasteiger partial charge in [0.2, 0.25) is 5.88 Å². The van der Waals surface area contributed by atoms with Crippen LogP contribution in [0.5, 0.6) is 5.88 Å². The number of fused-ring (bicyclic) bond motifs is 1. The molecule has 7 nitrogen and oxygen atoms in total. The van der Waals surface area contributed by atoms with Crippen molar-refractivity contribution in [2.45, 2.75) is 46.4 Å². The highest BCUT2D eigenvalue weighted by Gasteiger charge is 2.23. The summed E-state index contributed by atoms with van der Waals surface area (Å²) >= 11 is 12.6. The predicted molar refractivity (Wildman–Crippen MR) is 128 cm³/mol. The minimum Gasteiger partial charge on any atom is -0.494 e. The molecule has 1 aromatic carbocycles.